The van der Waals surface area contributed by atoms with E-state index in [1.54, 1.807) is 0 Å². The minimum Gasteiger partial charge on any atom is -0.428 e. The Morgan fingerprint density at radius 1 is 0.588 bits per heavy atom. The van der Waals surface area contributed by atoms with Gasteiger partial charge in [0.15, 0.2) is 0 Å². The third-order valence-corrected chi connectivity index (χ3v) is 5.71. The average molecular weight is 489 g/mol. The van der Waals surface area contributed by atoms with Gasteiger partial charge in [-0.15, -0.1) is 0 Å². The molecule has 0 radical (unpaired) electrons. The fourth-order valence-corrected chi connectivity index (χ4v) is 5.84. The first-order valence-corrected chi connectivity index (χ1v) is 12.0. The lowest BCUT2D eigenvalue weighted by atomic mass is 9.51. The van der Waals surface area contributed by atoms with Crippen LogP contribution in [0.2, 0.25) is 0 Å². The summed E-state index contributed by atoms with van der Waals surface area (Å²) >= 11 is 0. The van der Waals surface area contributed by atoms with Gasteiger partial charge in [-0.05, 0) is 51.4 Å². The highest BCUT2D eigenvalue weighted by Gasteiger charge is 2.67. The molecule has 0 spiro atoms. The van der Waals surface area contributed by atoms with Crippen molar-refractivity contribution in [1.29, 1.82) is 0 Å². The lowest BCUT2D eigenvalue weighted by Gasteiger charge is -2.60. The molecule has 0 N–H and O–H groups in total. The van der Waals surface area contributed by atoms with Gasteiger partial charge in [0.05, 0.1) is 0 Å². The Morgan fingerprint density at radius 2 is 0.853 bits per heavy atom. The summed E-state index contributed by atoms with van der Waals surface area (Å²) in [5.41, 5.74) is -2.69. The van der Waals surface area contributed by atoms with Crippen molar-refractivity contribution in [3.05, 3.63) is 0 Å². The first-order valence-electron chi connectivity index (χ1n) is 12.0. The summed E-state index contributed by atoms with van der Waals surface area (Å²) in [6, 6.07) is 0. The highest BCUT2D eigenvalue weighted by Crippen LogP contribution is 2.57. The molecule has 1 aliphatic rings. The van der Waals surface area contributed by atoms with E-state index in [1.807, 2.05) is 55.4 Å². The molecule has 34 heavy (non-hydrogen) atoms. The number of rotatable bonds is 8. The van der Waals surface area contributed by atoms with Gasteiger partial charge >= 0.3 is 12.3 Å². The Kier molecular flexibility index (Phi) is 8.83. The minimum atomic E-state index is -0.929. The highest BCUT2D eigenvalue weighted by molar-refractivity contribution is 5.61. The number of carbonyl (C=O) groups is 2. The zero-order valence-electron chi connectivity index (χ0n) is 23.8. The summed E-state index contributed by atoms with van der Waals surface area (Å²) in [6.07, 6.45) is -1.64. The molecule has 1 fully saturated rings. The van der Waals surface area contributed by atoms with Gasteiger partial charge in [-0.1, -0.05) is 69.2 Å². The van der Waals surface area contributed by atoms with E-state index in [0.29, 0.717) is 12.8 Å². The average Bonchev–Trinajstić information content (AvgIpc) is 2.56. The molecule has 0 unspecified atom stereocenters. The molecule has 0 saturated heterocycles. The van der Waals surface area contributed by atoms with Crippen molar-refractivity contribution < 1.29 is 38.6 Å². The Hall–Kier alpha value is -1.54. The first kappa shape index (κ1) is 30.5. The van der Waals surface area contributed by atoms with Gasteiger partial charge in [-0.3, -0.25) is 9.78 Å². The summed E-state index contributed by atoms with van der Waals surface area (Å²) in [5, 5.41) is 0. The van der Waals surface area contributed by atoms with E-state index in [4.69, 9.17) is 29.0 Å². The maximum atomic E-state index is 12.4. The molecule has 0 aromatic carbocycles. The SMILES string of the molecule is CC(C)(C)CC(C)(C)OOC(=O)OC1C(C)(C)C(OC(=O)OOC(C)(C)CC(C)(C)C)C1(C)C. The van der Waals surface area contributed by atoms with E-state index >= 15 is 0 Å². The van der Waals surface area contributed by atoms with Gasteiger partial charge < -0.3 is 9.47 Å². The summed E-state index contributed by atoms with van der Waals surface area (Å²) in [7, 11) is 0. The van der Waals surface area contributed by atoms with Gasteiger partial charge in [0.25, 0.3) is 0 Å². The molecule has 1 saturated carbocycles. The van der Waals surface area contributed by atoms with Crippen LogP contribution in [0, 0.1) is 21.7 Å². The number of hydrogen-bond donors (Lipinski definition) is 0. The van der Waals surface area contributed by atoms with Crippen LogP contribution < -0.4 is 0 Å². The summed E-state index contributed by atoms with van der Waals surface area (Å²) in [4.78, 5) is 45.4. The normalized spacial score (nSPS) is 22.4. The number of hydrogen-bond acceptors (Lipinski definition) is 8. The van der Waals surface area contributed by atoms with Crippen LogP contribution in [0.4, 0.5) is 9.59 Å². The molecule has 200 valence electrons. The van der Waals surface area contributed by atoms with Crippen molar-refractivity contribution >= 4 is 12.3 Å². The standard InChI is InChI=1S/C26H48O8/c1-21(2,3)15-23(7,8)33-31-19(27)29-17-25(11,12)18(26(17,13)14)30-20(28)32-34-24(9,10)16-22(4,5)6/h17-18H,15-16H2,1-14H3. The number of carbonyl (C=O) groups excluding carboxylic acids is 2. The molecule has 0 amide bonds. The quantitative estimate of drug-likeness (QED) is 0.198. The molecule has 8 heteroatoms. The molecule has 1 aliphatic carbocycles. The van der Waals surface area contributed by atoms with Crippen LogP contribution in [0.3, 0.4) is 0 Å². The monoisotopic (exact) mass is 488 g/mol. The van der Waals surface area contributed by atoms with Crippen LogP contribution in [0.5, 0.6) is 0 Å². The second kappa shape index (κ2) is 9.84. The lowest BCUT2D eigenvalue weighted by molar-refractivity contribution is -0.347. The molecule has 0 atom stereocenters. The largest absolute Gasteiger partial charge is 0.540 e. The zero-order valence-corrected chi connectivity index (χ0v) is 23.8. The fraction of sp³-hybridized carbons (Fsp3) is 0.923. The zero-order chi connectivity index (χ0) is 27.0. The molecular formula is C26H48O8. The summed E-state index contributed by atoms with van der Waals surface area (Å²) < 4.78 is 11.1. The molecule has 0 bridgehead atoms. The Morgan fingerprint density at radius 3 is 1.09 bits per heavy atom. The van der Waals surface area contributed by atoms with Crippen molar-refractivity contribution in [2.45, 2.75) is 133 Å². The van der Waals surface area contributed by atoms with Crippen molar-refractivity contribution in [2.75, 3.05) is 0 Å². The lowest BCUT2D eigenvalue weighted by Crippen LogP contribution is -2.69. The van der Waals surface area contributed by atoms with Crippen molar-refractivity contribution in [3.63, 3.8) is 0 Å². The van der Waals surface area contributed by atoms with Gasteiger partial charge in [-0.25, -0.2) is 9.59 Å². The Labute approximate surface area is 206 Å². The van der Waals surface area contributed by atoms with Crippen LogP contribution in [0.25, 0.3) is 0 Å². The topological polar surface area (TPSA) is 89.5 Å². The Bertz CT molecular complexity index is 648. The van der Waals surface area contributed by atoms with Gasteiger partial charge in [0.1, 0.15) is 23.4 Å². The molecule has 0 heterocycles. The van der Waals surface area contributed by atoms with Gasteiger partial charge in [0, 0.05) is 10.8 Å². The minimum absolute atomic E-state index is 0.000436. The third kappa shape index (κ3) is 8.91. The molecule has 0 aliphatic heterocycles. The van der Waals surface area contributed by atoms with Crippen molar-refractivity contribution in [2.24, 2.45) is 21.7 Å². The molecule has 8 nitrogen and oxygen atoms in total. The molecule has 1 rings (SSSR count). The van der Waals surface area contributed by atoms with Crippen LogP contribution in [0.1, 0.15) is 110 Å². The second-order valence-electron chi connectivity index (χ2n) is 14.5. The summed E-state index contributed by atoms with van der Waals surface area (Å²) in [6.45, 7) is 27.3. The summed E-state index contributed by atoms with van der Waals surface area (Å²) in [5.74, 6) is 0. The van der Waals surface area contributed by atoms with E-state index in [2.05, 4.69) is 41.5 Å². The molecule has 0 aromatic heterocycles. The smallest absolute Gasteiger partial charge is 0.428 e. The first-order chi connectivity index (χ1) is 14.9. The fourth-order valence-electron chi connectivity index (χ4n) is 5.84. The van der Waals surface area contributed by atoms with Crippen LogP contribution in [-0.2, 0) is 29.0 Å². The number of ether oxygens (including phenoxy) is 2. The second-order valence-corrected chi connectivity index (χ2v) is 14.5. The third-order valence-electron chi connectivity index (χ3n) is 5.71. The highest BCUT2D eigenvalue weighted by atomic mass is 17.2. The van der Waals surface area contributed by atoms with E-state index in [-0.39, 0.29) is 10.8 Å². The van der Waals surface area contributed by atoms with E-state index in [9.17, 15) is 9.59 Å². The van der Waals surface area contributed by atoms with Crippen LogP contribution >= 0.6 is 0 Å². The predicted octanol–water partition coefficient (Wildman–Crippen LogP) is 7.39. The molecule has 0 aromatic rings. The predicted molar refractivity (Wildman–Crippen MR) is 129 cm³/mol. The van der Waals surface area contributed by atoms with Gasteiger partial charge in [0.2, 0.25) is 0 Å². The van der Waals surface area contributed by atoms with Crippen LogP contribution in [0.15, 0.2) is 0 Å². The van der Waals surface area contributed by atoms with Crippen molar-refractivity contribution in [3.8, 4) is 0 Å². The molecular weight excluding hydrogens is 440 g/mol. The maximum absolute atomic E-state index is 12.4. The maximum Gasteiger partial charge on any atom is 0.540 e. The van der Waals surface area contributed by atoms with Crippen LogP contribution in [-0.4, -0.2) is 35.7 Å². The van der Waals surface area contributed by atoms with Gasteiger partial charge in [-0.2, -0.15) is 9.78 Å². The van der Waals surface area contributed by atoms with E-state index in [1.165, 1.54) is 0 Å². The van der Waals surface area contributed by atoms with Crippen molar-refractivity contribution in [1.82, 2.24) is 0 Å². The van der Waals surface area contributed by atoms with E-state index in [0.717, 1.165) is 0 Å². The Balaban J connectivity index is 2.67. The van der Waals surface area contributed by atoms with E-state index < -0.39 is 46.6 Å².